The summed E-state index contributed by atoms with van der Waals surface area (Å²) in [4.78, 5) is 23.5. The number of alkyl halides is 1. The van der Waals surface area contributed by atoms with Gasteiger partial charge in [-0.1, -0.05) is 0 Å². The maximum Gasteiger partial charge on any atom is 0.258 e. The monoisotopic (exact) mass is 356 g/mol. The molecule has 134 valence electrons. The maximum absolute atomic E-state index is 11.8. The Morgan fingerprint density at radius 3 is 2.12 bits per heavy atom. The van der Waals surface area contributed by atoms with Crippen LogP contribution < -0.4 is 20.1 Å². The highest BCUT2D eigenvalue weighted by atomic mass is 35.5. The van der Waals surface area contributed by atoms with Gasteiger partial charge in [-0.15, -0.1) is 11.6 Å². The zero-order valence-corrected chi connectivity index (χ0v) is 15.1. The first-order valence-corrected chi connectivity index (χ1v) is 8.39. The molecule has 1 aromatic rings. The molecule has 7 heteroatoms. The Hall–Kier alpha value is -1.95. The molecule has 0 aromatic heterocycles. The zero-order chi connectivity index (χ0) is 18.0. The van der Waals surface area contributed by atoms with Gasteiger partial charge in [-0.2, -0.15) is 0 Å². The van der Waals surface area contributed by atoms with Crippen LogP contribution in [-0.4, -0.2) is 44.0 Å². The number of amides is 2. The van der Waals surface area contributed by atoms with Crippen molar-refractivity contribution in [2.24, 2.45) is 5.41 Å². The fraction of sp³-hybridized carbons (Fsp3) is 0.529. The van der Waals surface area contributed by atoms with E-state index < -0.39 is 5.41 Å². The summed E-state index contributed by atoms with van der Waals surface area (Å²) in [7, 11) is 0. The topological polar surface area (TPSA) is 76.7 Å². The van der Waals surface area contributed by atoms with Crippen LogP contribution in [0.5, 0.6) is 11.5 Å². The second-order valence-electron chi connectivity index (χ2n) is 5.82. The van der Waals surface area contributed by atoms with Gasteiger partial charge in [-0.3, -0.25) is 9.59 Å². The molecule has 1 aromatic carbocycles. The van der Waals surface area contributed by atoms with Gasteiger partial charge in [0.2, 0.25) is 5.91 Å². The van der Waals surface area contributed by atoms with Crippen LogP contribution in [0.4, 0.5) is 0 Å². The molecule has 0 heterocycles. The summed E-state index contributed by atoms with van der Waals surface area (Å²) in [5.41, 5.74) is -0.623. The second-order valence-corrected chi connectivity index (χ2v) is 6.08. The van der Waals surface area contributed by atoms with Crippen molar-refractivity contribution in [1.82, 2.24) is 10.6 Å². The minimum atomic E-state index is -0.623. The van der Waals surface area contributed by atoms with Gasteiger partial charge in [0, 0.05) is 19.0 Å². The van der Waals surface area contributed by atoms with E-state index in [1.807, 2.05) is 6.92 Å². The SMILES string of the molecule is CCOc1ccc(OCC(=O)NCCNC(=O)C(C)(C)CCl)cc1. The van der Waals surface area contributed by atoms with Crippen molar-refractivity contribution in [3.8, 4) is 11.5 Å². The molecule has 0 aliphatic heterocycles. The molecule has 0 aliphatic carbocycles. The van der Waals surface area contributed by atoms with Crippen molar-refractivity contribution in [2.45, 2.75) is 20.8 Å². The molecule has 0 unspecified atom stereocenters. The number of halogens is 1. The van der Waals surface area contributed by atoms with E-state index in [2.05, 4.69) is 10.6 Å². The van der Waals surface area contributed by atoms with Gasteiger partial charge in [0.15, 0.2) is 6.61 Å². The number of rotatable bonds is 10. The predicted octanol–water partition coefficient (Wildman–Crippen LogP) is 1.96. The van der Waals surface area contributed by atoms with Crippen molar-refractivity contribution in [2.75, 3.05) is 32.2 Å². The standard InChI is InChI=1S/C17H25ClN2O4/c1-4-23-13-5-7-14(8-6-13)24-11-15(21)19-9-10-20-16(22)17(2,3)12-18/h5-8H,4,9-12H2,1-3H3,(H,19,21)(H,20,22). The van der Waals surface area contributed by atoms with Crippen LogP contribution in [0.15, 0.2) is 24.3 Å². The van der Waals surface area contributed by atoms with E-state index in [4.69, 9.17) is 21.1 Å². The van der Waals surface area contributed by atoms with E-state index in [9.17, 15) is 9.59 Å². The zero-order valence-electron chi connectivity index (χ0n) is 14.4. The number of nitrogens with one attached hydrogen (secondary N) is 2. The van der Waals surface area contributed by atoms with Crippen LogP contribution >= 0.6 is 11.6 Å². The highest BCUT2D eigenvalue weighted by molar-refractivity contribution is 6.19. The summed E-state index contributed by atoms with van der Waals surface area (Å²) in [6, 6.07) is 7.05. The largest absolute Gasteiger partial charge is 0.494 e. The van der Waals surface area contributed by atoms with Crippen LogP contribution in [0.2, 0.25) is 0 Å². The number of benzene rings is 1. The molecule has 0 atom stereocenters. The van der Waals surface area contributed by atoms with E-state index in [1.165, 1.54) is 0 Å². The second kappa shape index (κ2) is 10.0. The Morgan fingerprint density at radius 1 is 1.04 bits per heavy atom. The Kier molecular flexibility index (Phi) is 8.40. The van der Waals surface area contributed by atoms with E-state index in [0.717, 1.165) is 5.75 Å². The molecule has 0 saturated carbocycles. The van der Waals surface area contributed by atoms with Crippen molar-refractivity contribution in [3.05, 3.63) is 24.3 Å². The van der Waals surface area contributed by atoms with E-state index >= 15 is 0 Å². The van der Waals surface area contributed by atoms with E-state index in [1.54, 1.807) is 38.1 Å². The van der Waals surface area contributed by atoms with Crippen molar-refractivity contribution in [3.63, 3.8) is 0 Å². The molecule has 0 fully saturated rings. The molecule has 24 heavy (non-hydrogen) atoms. The van der Waals surface area contributed by atoms with Gasteiger partial charge < -0.3 is 20.1 Å². The smallest absolute Gasteiger partial charge is 0.258 e. The number of ether oxygens (including phenoxy) is 2. The molecule has 2 amide bonds. The molecular weight excluding hydrogens is 332 g/mol. The average molecular weight is 357 g/mol. The third-order valence-electron chi connectivity index (χ3n) is 3.19. The van der Waals surface area contributed by atoms with Crippen LogP contribution in [0.3, 0.4) is 0 Å². The molecule has 0 spiro atoms. The molecular formula is C17H25ClN2O4. The number of hydrogen-bond donors (Lipinski definition) is 2. The van der Waals surface area contributed by atoms with Gasteiger partial charge >= 0.3 is 0 Å². The Morgan fingerprint density at radius 2 is 1.58 bits per heavy atom. The fourth-order valence-corrected chi connectivity index (χ4v) is 1.80. The molecule has 2 N–H and O–H groups in total. The Balaban J connectivity index is 2.21. The fourth-order valence-electron chi connectivity index (χ4n) is 1.68. The molecule has 0 aliphatic rings. The summed E-state index contributed by atoms with van der Waals surface area (Å²) < 4.78 is 10.7. The van der Waals surface area contributed by atoms with Gasteiger partial charge in [0.25, 0.3) is 5.91 Å². The third-order valence-corrected chi connectivity index (χ3v) is 3.85. The molecule has 0 radical (unpaired) electrons. The average Bonchev–Trinajstić information content (AvgIpc) is 2.58. The van der Waals surface area contributed by atoms with E-state index in [-0.39, 0.29) is 24.3 Å². The maximum atomic E-state index is 11.8. The lowest BCUT2D eigenvalue weighted by atomic mass is 9.95. The first-order valence-electron chi connectivity index (χ1n) is 7.85. The lowest BCUT2D eigenvalue weighted by molar-refractivity contribution is -0.128. The first kappa shape index (κ1) is 20.1. The van der Waals surface area contributed by atoms with Gasteiger partial charge in [-0.05, 0) is 45.0 Å². The summed E-state index contributed by atoms with van der Waals surface area (Å²) in [6.07, 6.45) is 0. The lowest BCUT2D eigenvalue weighted by Gasteiger charge is -2.20. The summed E-state index contributed by atoms with van der Waals surface area (Å²) in [6.45, 7) is 6.62. The summed E-state index contributed by atoms with van der Waals surface area (Å²) in [5, 5.41) is 5.40. The molecule has 0 saturated heterocycles. The quantitative estimate of drug-likeness (QED) is 0.496. The molecule has 0 bridgehead atoms. The van der Waals surface area contributed by atoms with Crippen LogP contribution in [0.1, 0.15) is 20.8 Å². The normalized spacial score (nSPS) is 10.8. The number of hydrogen-bond acceptors (Lipinski definition) is 4. The summed E-state index contributed by atoms with van der Waals surface area (Å²) in [5.74, 6) is 1.18. The minimum absolute atomic E-state index is 0.0882. The first-order chi connectivity index (χ1) is 11.4. The van der Waals surface area contributed by atoms with Crippen molar-refractivity contribution in [1.29, 1.82) is 0 Å². The lowest BCUT2D eigenvalue weighted by Crippen LogP contribution is -2.42. The number of carbonyl (C=O) groups is 2. The van der Waals surface area contributed by atoms with E-state index in [0.29, 0.717) is 25.4 Å². The summed E-state index contributed by atoms with van der Waals surface area (Å²) >= 11 is 5.72. The van der Waals surface area contributed by atoms with Crippen molar-refractivity contribution < 1.29 is 19.1 Å². The highest BCUT2D eigenvalue weighted by Crippen LogP contribution is 2.17. The van der Waals surface area contributed by atoms with Gasteiger partial charge in [-0.25, -0.2) is 0 Å². The van der Waals surface area contributed by atoms with Crippen LogP contribution in [0, 0.1) is 5.41 Å². The highest BCUT2D eigenvalue weighted by Gasteiger charge is 2.25. The predicted molar refractivity (Wildman–Crippen MR) is 93.6 cm³/mol. The Bertz CT molecular complexity index is 532. The van der Waals surface area contributed by atoms with Gasteiger partial charge in [0.05, 0.1) is 12.0 Å². The number of carbonyl (C=O) groups excluding carboxylic acids is 2. The van der Waals surface area contributed by atoms with Crippen molar-refractivity contribution >= 4 is 23.4 Å². The van der Waals surface area contributed by atoms with Gasteiger partial charge in [0.1, 0.15) is 11.5 Å². The van der Waals surface area contributed by atoms with Crippen LogP contribution in [0.25, 0.3) is 0 Å². The molecule has 1 rings (SSSR count). The Labute approximate surface area is 147 Å². The molecule has 6 nitrogen and oxygen atoms in total. The van der Waals surface area contributed by atoms with Crippen LogP contribution in [-0.2, 0) is 9.59 Å². The third kappa shape index (κ3) is 7.08. The minimum Gasteiger partial charge on any atom is -0.494 e.